The first-order chi connectivity index (χ1) is 10.3. The number of carbonyl (C=O) groups excluding carboxylic acids is 2. The van der Waals surface area contributed by atoms with Crippen molar-refractivity contribution in [3.63, 3.8) is 0 Å². The summed E-state index contributed by atoms with van der Waals surface area (Å²) in [5.74, 6) is -2.20. The van der Waals surface area contributed by atoms with Crippen molar-refractivity contribution in [2.75, 3.05) is 0 Å². The van der Waals surface area contributed by atoms with E-state index < -0.39 is 28.8 Å². The summed E-state index contributed by atoms with van der Waals surface area (Å²) in [6.07, 6.45) is 2.35. The van der Waals surface area contributed by atoms with Crippen molar-refractivity contribution in [1.82, 2.24) is 0 Å². The summed E-state index contributed by atoms with van der Waals surface area (Å²) in [4.78, 5) is 24.3. The molecule has 0 heterocycles. The standard InChI is InChI=1S/C17H24O5/c1-4-5-6-11(18)15-13(20)9-14(21)16(17(15)22)12(19)8-7-10(2)3/h9-10,20-22H,4-8H2,1-3H3. The van der Waals surface area contributed by atoms with Gasteiger partial charge in [-0.25, -0.2) is 0 Å². The topological polar surface area (TPSA) is 94.8 Å². The van der Waals surface area contributed by atoms with Gasteiger partial charge in [-0.15, -0.1) is 0 Å². The molecule has 0 radical (unpaired) electrons. The highest BCUT2D eigenvalue weighted by atomic mass is 16.3. The summed E-state index contributed by atoms with van der Waals surface area (Å²) in [7, 11) is 0. The molecule has 122 valence electrons. The maximum atomic E-state index is 12.2. The van der Waals surface area contributed by atoms with E-state index in [1.807, 2.05) is 20.8 Å². The van der Waals surface area contributed by atoms with Gasteiger partial charge in [0.1, 0.15) is 28.4 Å². The number of aromatic hydroxyl groups is 3. The molecule has 0 fully saturated rings. The fourth-order valence-corrected chi connectivity index (χ4v) is 2.20. The first kappa shape index (κ1) is 18.0. The molecule has 3 N–H and O–H groups in total. The second-order valence-electron chi connectivity index (χ2n) is 5.90. The van der Waals surface area contributed by atoms with E-state index in [2.05, 4.69) is 0 Å². The normalized spacial score (nSPS) is 10.9. The molecule has 0 aliphatic rings. The summed E-state index contributed by atoms with van der Waals surface area (Å²) < 4.78 is 0. The van der Waals surface area contributed by atoms with Gasteiger partial charge < -0.3 is 15.3 Å². The summed E-state index contributed by atoms with van der Waals surface area (Å²) in [6.45, 7) is 5.84. The molecule has 5 nitrogen and oxygen atoms in total. The van der Waals surface area contributed by atoms with E-state index in [-0.39, 0.29) is 24.0 Å². The molecule has 0 atom stereocenters. The molecular weight excluding hydrogens is 284 g/mol. The molecule has 22 heavy (non-hydrogen) atoms. The van der Waals surface area contributed by atoms with Gasteiger partial charge in [-0.3, -0.25) is 9.59 Å². The molecular formula is C17H24O5. The van der Waals surface area contributed by atoms with E-state index in [0.717, 1.165) is 12.5 Å². The molecule has 0 bridgehead atoms. The molecule has 0 aromatic heterocycles. The molecule has 0 saturated heterocycles. The van der Waals surface area contributed by atoms with Crippen LogP contribution in [0.2, 0.25) is 0 Å². The van der Waals surface area contributed by atoms with Crippen LogP contribution >= 0.6 is 0 Å². The third-order valence-electron chi connectivity index (χ3n) is 3.52. The number of Topliss-reactive ketones (excluding diaryl/α,β-unsaturated/α-hetero) is 2. The van der Waals surface area contributed by atoms with Crippen LogP contribution in [0.1, 0.15) is 73.6 Å². The predicted molar refractivity (Wildman–Crippen MR) is 83.7 cm³/mol. The Kier molecular flexibility index (Phi) is 6.40. The number of carbonyl (C=O) groups is 2. The van der Waals surface area contributed by atoms with E-state index in [4.69, 9.17) is 0 Å². The summed E-state index contributed by atoms with van der Waals surface area (Å²) >= 11 is 0. The number of hydrogen-bond donors (Lipinski definition) is 3. The molecule has 1 rings (SSSR count). The molecule has 0 aliphatic carbocycles. The lowest BCUT2D eigenvalue weighted by Gasteiger charge is -2.13. The Balaban J connectivity index is 3.18. The maximum absolute atomic E-state index is 12.2. The SMILES string of the molecule is CCCCC(=O)c1c(O)cc(O)c(C(=O)CCC(C)C)c1O. The van der Waals surface area contributed by atoms with Crippen LogP contribution in [0.3, 0.4) is 0 Å². The van der Waals surface area contributed by atoms with Gasteiger partial charge in [-0.05, 0) is 18.8 Å². The molecule has 1 aromatic carbocycles. The Labute approximate surface area is 130 Å². The number of rotatable bonds is 8. The Morgan fingerprint density at radius 3 is 1.95 bits per heavy atom. The zero-order chi connectivity index (χ0) is 16.9. The number of phenolic OH excluding ortho intramolecular Hbond substituents is 3. The lowest BCUT2D eigenvalue weighted by Crippen LogP contribution is -2.07. The molecule has 0 amide bonds. The van der Waals surface area contributed by atoms with Crippen molar-refractivity contribution >= 4 is 11.6 Å². The first-order valence-corrected chi connectivity index (χ1v) is 7.63. The largest absolute Gasteiger partial charge is 0.507 e. The van der Waals surface area contributed by atoms with E-state index >= 15 is 0 Å². The first-order valence-electron chi connectivity index (χ1n) is 7.63. The summed E-state index contributed by atoms with van der Waals surface area (Å²) in [5, 5.41) is 29.8. The minimum Gasteiger partial charge on any atom is -0.507 e. The Morgan fingerprint density at radius 2 is 1.50 bits per heavy atom. The molecule has 5 heteroatoms. The zero-order valence-corrected chi connectivity index (χ0v) is 13.3. The van der Waals surface area contributed by atoms with Gasteiger partial charge in [-0.2, -0.15) is 0 Å². The van der Waals surface area contributed by atoms with Gasteiger partial charge in [0.25, 0.3) is 0 Å². The smallest absolute Gasteiger partial charge is 0.170 e. The van der Waals surface area contributed by atoms with Crippen LogP contribution in [0.15, 0.2) is 6.07 Å². The molecule has 0 spiro atoms. The van der Waals surface area contributed by atoms with Gasteiger partial charge in [0.2, 0.25) is 0 Å². The van der Waals surface area contributed by atoms with Gasteiger partial charge in [0, 0.05) is 18.9 Å². The quantitative estimate of drug-likeness (QED) is 0.635. The van der Waals surface area contributed by atoms with Crippen LogP contribution in [-0.4, -0.2) is 26.9 Å². The van der Waals surface area contributed by atoms with Crippen molar-refractivity contribution in [3.05, 3.63) is 17.2 Å². The fourth-order valence-electron chi connectivity index (χ4n) is 2.20. The van der Waals surface area contributed by atoms with Crippen molar-refractivity contribution in [3.8, 4) is 17.2 Å². The number of ketones is 2. The number of phenols is 3. The van der Waals surface area contributed by atoms with Gasteiger partial charge in [0.15, 0.2) is 11.6 Å². The van der Waals surface area contributed by atoms with E-state index in [9.17, 15) is 24.9 Å². The van der Waals surface area contributed by atoms with E-state index in [1.54, 1.807) is 0 Å². The highest BCUT2D eigenvalue weighted by molar-refractivity contribution is 6.08. The predicted octanol–water partition coefficient (Wildman–Crippen LogP) is 3.80. The van der Waals surface area contributed by atoms with Crippen LogP contribution < -0.4 is 0 Å². The van der Waals surface area contributed by atoms with Crippen LogP contribution in [-0.2, 0) is 0 Å². The second-order valence-corrected chi connectivity index (χ2v) is 5.90. The molecule has 1 aromatic rings. The zero-order valence-electron chi connectivity index (χ0n) is 13.3. The molecule has 0 unspecified atom stereocenters. The van der Waals surface area contributed by atoms with Gasteiger partial charge >= 0.3 is 0 Å². The minimum absolute atomic E-state index is 0.159. The number of hydrogen-bond acceptors (Lipinski definition) is 5. The summed E-state index contributed by atoms with van der Waals surface area (Å²) in [5.41, 5.74) is -0.558. The van der Waals surface area contributed by atoms with Crippen LogP contribution in [0.5, 0.6) is 17.2 Å². The minimum atomic E-state index is -0.618. The van der Waals surface area contributed by atoms with Crippen molar-refractivity contribution < 1.29 is 24.9 Å². The highest BCUT2D eigenvalue weighted by Crippen LogP contribution is 2.39. The third-order valence-corrected chi connectivity index (χ3v) is 3.52. The van der Waals surface area contributed by atoms with Crippen molar-refractivity contribution in [2.24, 2.45) is 5.92 Å². The average molecular weight is 308 g/mol. The Hall–Kier alpha value is -2.04. The lowest BCUT2D eigenvalue weighted by atomic mass is 9.95. The van der Waals surface area contributed by atoms with E-state index in [0.29, 0.717) is 18.8 Å². The molecule has 0 saturated carbocycles. The maximum Gasteiger partial charge on any atom is 0.170 e. The van der Waals surface area contributed by atoms with Gasteiger partial charge in [0.05, 0.1) is 0 Å². The van der Waals surface area contributed by atoms with E-state index in [1.165, 1.54) is 0 Å². The van der Waals surface area contributed by atoms with Crippen molar-refractivity contribution in [2.45, 2.75) is 52.9 Å². The highest BCUT2D eigenvalue weighted by Gasteiger charge is 2.26. The average Bonchev–Trinajstić information content (AvgIpc) is 2.42. The number of unbranched alkanes of at least 4 members (excludes halogenated alkanes) is 1. The summed E-state index contributed by atoms with van der Waals surface area (Å²) in [6, 6.07) is 0.946. The fraction of sp³-hybridized carbons (Fsp3) is 0.529. The third kappa shape index (κ3) is 4.23. The van der Waals surface area contributed by atoms with Crippen molar-refractivity contribution in [1.29, 1.82) is 0 Å². The number of benzene rings is 1. The lowest BCUT2D eigenvalue weighted by molar-refractivity contribution is 0.0969. The Bertz CT molecular complexity index is 561. The van der Waals surface area contributed by atoms with Crippen LogP contribution in [0.25, 0.3) is 0 Å². The van der Waals surface area contributed by atoms with Crippen LogP contribution in [0.4, 0.5) is 0 Å². The second kappa shape index (κ2) is 7.82. The van der Waals surface area contributed by atoms with Crippen LogP contribution in [0, 0.1) is 5.92 Å². The Morgan fingerprint density at radius 1 is 1.00 bits per heavy atom. The van der Waals surface area contributed by atoms with Gasteiger partial charge in [-0.1, -0.05) is 27.2 Å². The molecule has 0 aliphatic heterocycles. The monoisotopic (exact) mass is 308 g/mol.